The van der Waals surface area contributed by atoms with Crippen molar-refractivity contribution < 1.29 is 13.2 Å². The number of nitrogens with zero attached hydrogens (tertiary/aromatic N) is 6. The summed E-state index contributed by atoms with van der Waals surface area (Å²) in [5.74, 6) is 0.482. The van der Waals surface area contributed by atoms with Gasteiger partial charge in [0, 0.05) is 58.5 Å². The van der Waals surface area contributed by atoms with E-state index in [0.29, 0.717) is 23.0 Å². The minimum atomic E-state index is -3.89. The molecule has 4 aromatic heterocycles. The topological polar surface area (TPSA) is 95.1 Å². The molecule has 1 aliphatic heterocycles. The van der Waals surface area contributed by atoms with Gasteiger partial charge in [0.25, 0.3) is 10.0 Å². The highest BCUT2D eigenvalue weighted by Gasteiger charge is 2.25. The van der Waals surface area contributed by atoms with E-state index in [9.17, 15) is 8.42 Å². The summed E-state index contributed by atoms with van der Waals surface area (Å²) in [6.07, 6.45) is 9.28. The molecule has 6 rings (SSSR count). The molecule has 1 aromatic carbocycles. The molecule has 9 nitrogen and oxygen atoms in total. The van der Waals surface area contributed by atoms with Crippen molar-refractivity contribution in [3.63, 3.8) is 0 Å². The number of aryl methyl sites for hydroxylation is 2. The Morgan fingerprint density at radius 1 is 0.900 bits per heavy atom. The van der Waals surface area contributed by atoms with Crippen LogP contribution < -0.4 is 4.74 Å². The summed E-state index contributed by atoms with van der Waals surface area (Å²) in [5, 5.41) is 5.57. The number of ether oxygens (including phenoxy) is 1. The molecule has 0 aliphatic carbocycles. The van der Waals surface area contributed by atoms with Gasteiger partial charge in [0.1, 0.15) is 0 Å². The van der Waals surface area contributed by atoms with E-state index in [0.717, 1.165) is 59.4 Å². The quantitative estimate of drug-likeness (QED) is 0.287. The molecule has 5 heterocycles. The molecule has 0 unspecified atom stereocenters. The maximum atomic E-state index is 13.8. The zero-order valence-electron chi connectivity index (χ0n) is 23.1. The van der Waals surface area contributed by atoms with Crippen LogP contribution in [0.25, 0.3) is 33.3 Å². The van der Waals surface area contributed by atoms with Gasteiger partial charge in [-0.1, -0.05) is 17.7 Å². The first kappa shape index (κ1) is 26.2. The van der Waals surface area contributed by atoms with Crippen LogP contribution in [0.5, 0.6) is 5.88 Å². The fourth-order valence-corrected chi connectivity index (χ4v) is 6.66. The predicted octanol–water partition coefficient (Wildman–Crippen LogP) is 5.09. The Kier molecular flexibility index (Phi) is 6.67. The van der Waals surface area contributed by atoms with Crippen molar-refractivity contribution in [1.82, 2.24) is 28.6 Å². The Labute approximate surface area is 234 Å². The van der Waals surface area contributed by atoms with Gasteiger partial charge in [0.05, 0.1) is 23.7 Å². The van der Waals surface area contributed by atoms with Crippen molar-refractivity contribution in [2.24, 2.45) is 0 Å². The van der Waals surface area contributed by atoms with Crippen molar-refractivity contribution in [1.29, 1.82) is 0 Å². The van der Waals surface area contributed by atoms with E-state index in [2.05, 4.69) is 27.8 Å². The van der Waals surface area contributed by atoms with Gasteiger partial charge in [-0.15, -0.1) is 0 Å². The molecule has 0 bridgehead atoms. The average molecular weight is 557 g/mol. The minimum absolute atomic E-state index is 0.204. The summed E-state index contributed by atoms with van der Waals surface area (Å²) in [4.78, 5) is 11.6. The van der Waals surface area contributed by atoms with E-state index in [4.69, 9.17) is 14.8 Å². The normalized spacial score (nSPS) is 15.1. The smallest absolute Gasteiger partial charge is 0.269 e. The maximum Gasteiger partial charge on any atom is 0.269 e. The molecule has 0 atom stereocenters. The Bertz CT molecular complexity index is 1780. The Hall–Kier alpha value is -4.02. The number of benzene rings is 1. The van der Waals surface area contributed by atoms with Crippen molar-refractivity contribution >= 4 is 21.1 Å². The van der Waals surface area contributed by atoms with E-state index in [1.807, 2.05) is 26.0 Å². The van der Waals surface area contributed by atoms with E-state index < -0.39 is 10.0 Å². The number of rotatable bonds is 6. The molecule has 0 radical (unpaired) electrons. The third-order valence-electron chi connectivity index (χ3n) is 7.74. The van der Waals surface area contributed by atoms with Crippen LogP contribution in [0.3, 0.4) is 0 Å². The summed E-state index contributed by atoms with van der Waals surface area (Å²) < 4.78 is 36.2. The largest absolute Gasteiger partial charge is 0.481 e. The van der Waals surface area contributed by atoms with Crippen molar-refractivity contribution in [3.05, 3.63) is 78.5 Å². The molecule has 1 saturated heterocycles. The second-order valence-corrected chi connectivity index (χ2v) is 12.3. The fourth-order valence-electron chi connectivity index (χ4n) is 5.34. The monoisotopic (exact) mass is 556 g/mol. The SMILES string of the molecule is COc1ccc(-c2cn(S(=O)(=O)c3ccc(C)cc3)c3ncc(-c4cn(C5CCN(C)CC5)nc4C)cc23)cn1. The molecule has 0 amide bonds. The zero-order valence-corrected chi connectivity index (χ0v) is 23.9. The number of aromatic nitrogens is 5. The molecule has 0 saturated carbocycles. The second-order valence-electron chi connectivity index (χ2n) is 10.5. The molecule has 5 aromatic rings. The van der Waals surface area contributed by atoms with Gasteiger partial charge in [0.15, 0.2) is 5.65 Å². The number of piperidine rings is 1. The number of likely N-dealkylation sites (tertiary alicyclic amines) is 1. The molecule has 40 heavy (non-hydrogen) atoms. The number of hydrogen-bond acceptors (Lipinski definition) is 7. The molecule has 206 valence electrons. The molecule has 0 spiro atoms. The molecule has 1 aliphatic rings. The van der Waals surface area contributed by atoms with Gasteiger partial charge in [-0.05, 0) is 71.1 Å². The minimum Gasteiger partial charge on any atom is -0.481 e. The molecule has 10 heteroatoms. The third-order valence-corrected chi connectivity index (χ3v) is 9.40. The second kappa shape index (κ2) is 10.2. The summed E-state index contributed by atoms with van der Waals surface area (Å²) >= 11 is 0. The van der Waals surface area contributed by atoms with E-state index in [1.54, 1.807) is 56.0 Å². The Balaban J connectivity index is 1.49. The molecule has 1 fully saturated rings. The van der Waals surface area contributed by atoms with E-state index >= 15 is 0 Å². The predicted molar refractivity (Wildman–Crippen MR) is 155 cm³/mol. The van der Waals surface area contributed by atoms with Crippen LogP contribution in [0.4, 0.5) is 0 Å². The Morgan fingerprint density at radius 3 is 2.30 bits per heavy atom. The van der Waals surface area contributed by atoms with Gasteiger partial charge in [-0.25, -0.2) is 22.4 Å². The van der Waals surface area contributed by atoms with Gasteiger partial charge in [-0.3, -0.25) is 4.68 Å². The number of fused-ring (bicyclic) bond motifs is 1. The van der Waals surface area contributed by atoms with Crippen LogP contribution in [0, 0.1) is 13.8 Å². The van der Waals surface area contributed by atoms with Crippen LogP contribution in [-0.2, 0) is 10.0 Å². The lowest BCUT2D eigenvalue weighted by atomic mass is 10.0. The van der Waals surface area contributed by atoms with Crippen molar-refractivity contribution in [3.8, 4) is 28.1 Å². The highest BCUT2D eigenvalue weighted by Crippen LogP contribution is 2.36. The summed E-state index contributed by atoms with van der Waals surface area (Å²) in [7, 11) is -0.182. The lowest BCUT2D eigenvalue weighted by molar-refractivity contribution is 0.212. The average Bonchev–Trinajstić information content (AvgIpc) is 3.54. The number of hydrogen-bond donors (Lipinski definition) is 0. The fraction of sp³-hybridized carbons (Fsp3) is 0.300. The highest BCUT2D eigenvalue weighted by atomic mass is 32.2. The van der Waals surface area contributed by atoms with Crippen LogP contribution in [0.2, 0.25) is 0 Å². The first-order valence-electron chi connectivity index (χ1n) is 13.3. The summed E-state index contributed by atoms with van der Waals surface area (Å²) in [5.41, 5.74) is 5.62. The first-order chi connectivity index (χ1) is 19.2. The first-order valence-corrected chi connectivity index (χ1v) is 14.8. The molecular formula is C30H32N6O3S. The standard InChI is InChI=1S/C30H32N6O3S/c1-20-5-8-25(9-6-20)40(37,38)36-19-28(22-7-10-29(39-4)31-16-22)26-15-23(17-32-30(26)36)27-18-35(33-21(27)2)24-11-13-34(3)14-12-24/h5-10,15-19,24H,11-14H2,1-4H3. The van der Waals surface area contributed by atoms with Gasteiger partial charge < -0.3 is 9.64 Å². The van der Waals surface area contributed by atoms with Crippen LogP contribution >= 0.6 is 0 Å². The van der Waals surface area contributed by atoms with Gasteiger partial charge >= 0.3 is 0 Å². The van der Waals surface area contributed by atoms with Crippen molar-refractivity contribution in [2.75, 3.05) is 27.2 Å². The van der Waals surface area contributed by atoms with Gasteiger partial charge in [-0.2, -0.15) is 5.10 Å². The third kappa shape index (κ3) is 4.67. The van der Waals surface area contributed by atoms with E-state index in [-0.39, 0.29) is 4.90 Å². The summed E-state index contributed by atoms with van der Waals surface area (Å²) in [6, 6.07) is 12.8. The Morgan fingerprint density at radius 2 is 1.62 bits per heavy atom. The van der Waals surface area contributed by atoms with Crippen LogP contribution in [0.15, 0.2) is 72.1 Å². The zero-order chi connectivity index (χ0) is 28.0. The molecular weight excluding hydrogens is 524 g/mol. The van der Waals surface area contributed by atoms with E-state index in [1.165, 1.54) is 3.97 Å². The molecule has 0 N–H and O–H groups in total. The lowest BCUT2D eigenvalue weighted by Gasteiger charge is -2.29. The maximum absolute atomic E-state index is 13.8. The van der Waals surface area contributed by atoms with Crippen LogP contribution in [-0.4, -0.2) is 64.3 Å². The highest BCUT2D eigenvalue weighted by molar-refractivity contribution is 7.90. The van der Waals surface area contributed by atoms with Crippen LogP contribution in [0.1, 0.15) is 30.1 Å². The lowest BCUT2D eigenvalue weighted by Crippen LogP contribution is -2.31. The van der Waals surface area contributed by atoms with Crippen molar-refractivity contribution in [2.45, 2.75) is 37.6 Å². The van der Waals surface area contributed by atoms with Gasteiger partial charge in [0.2, 0.25) is 5.88 Å². The number of pyridine rings is 2. The number of methoxy groups -OCH3 is 1. The summed E-state index contributed by atoms with van der Waals surface area (Å²) in [6.45, 7) is 6.03.